The van der Waals surface area contributed by atoms with E-state index < -0.39 is 0 Å². The maximum atomic E-state index is 11.1. The molecule has 1 aliphatic rings. The van der Waals surface area contributed by atoms with Gasteiger partial charge in [0.2, 0.25) is 0 Å². The Hall–Kier alpha value is -1.26. The van der Waals surface area contributed by atoms with Crippen molar-refractivity contribution in [2.45, 2.75) is 13.3 Å². The number of Topliss-reactive ketones (excluding diaryl/α,β-unsaturated/α-hetero) is 1. The average molecular weight is 234 g/mol. The van der Waals surface area contributed by atoms with Crippen molar-refractivity contribution in [3.8, 4) is 0 Å². The fourth-order valence-electron chi connectivity index (χ4n) is 1.88. The minimum absolute atomic E-state index is 0.0669. The van der Waals surface area contributed by atoms with Gasteiger partial charge in [-0.25, -0.2) is 0 Å². The summed E-state index contributed by atoms with van der Waals surface area (Å²) in [6.45, 7) is 6.24. The van der Waals surface area contributed by atoms with Crippen LogP contribution in [0.1, 0.15) is 23.0 Å². The number of ketones is 1. The summed E-state index contributed by atoms with van der Waals surface area (Å²) in [5.41, 5.74) is 1.72. The smallest absolute Gasteiger partial charge is 0.161 e. The van der Waals surface area contributed by atoms with Crippen LogP contribution < -0.4 is 0 Å². The summed E-state index contributed by atoms with van der Waals surface area (Å²) in [5.74, 6) is 0.0669. The zero-order valence-corrected chi connectivity index (χ0v) is 10.2. The molecule has 0 N–H and O–H groups in total. The van der Waals surface area contributed by atoms with E-state index in [0.717, 1.165) is 45.0 Å². The molecular weight excluding hydrogens is 216 g/mol. The van der Waals surface area contributed by atoms with Crippen LogP contribution in [0.3, 0.4) is 0 Å². The second-order valence-corrected chi connectivity index (χ2v) is 4.30. The highest BCUT2D eigenvalue weighted by atomic mass is 16.5. The molecule has 2 rings (SSSR count). The molecule has 0 amide bonds. The minimum Gasteiger partial charge on any atom is -0.379 e. The first-order valence-corrected chi connectivity index (χ1v) is 6.01. The topological polar surface area (TPSA) is 42.4 Å². The van der Waals surface area contributed by atoms with Gasteiger partial charge < -0.3 is 4.74 Å². The third-order valence-corrected chi connectivity index (χ3v) is 3.02. The van der Waals surface area contributed by atoms with Crippen molar-refractivity contribution in [1.82, 2.24) is 9.88 Å². The van der Waals surface area contributed by atoms with Gasteiger partial charge in [-0.05, 0) is 19.1 Å². The van der Waals surface area contributed by atoms with Crippen LogP contribution in [0.25, 0.3) is 0 Å². The lowest BCUT2D eigenvalue weighted by Gasteiger charge is -2.26. The Kier molecular flexibility index (Phi) is 4.23. The van der Waals surface area contributed by atoms with Crippen LogP contribution >= 0.6 is 0 Å². The minimum atomic E-state index is 0.0669. The summed E-state index contributed by atoms with van der Waals surface area (Å²) in [7, 11) is 0. The van der Waals surface area contributed by atoms with Gasteiger partial charge in [0, 0.05) is 43.5 Å². The Balaban J connectivity index is 1.84. The molecule has 0 bridgehead atoms. The van der Waals surface area contributed by atoms with E-state index in [-0.39, 0.29) is 5.78 Å². The number of carbonyl (C=O) groups is 1. The molecule has 1 fully saturated rings. The van der Waals surface area contributed by atoms with Crippen LogP contribution in [-0.2, 0) is 11.2 Å². The van der Waals surface area contributed by atoms with Gasteiger partial charge in [0.05, 0.1) is 13.2 Å². The van der Waals surface area contributed by atoms with Crippen LogP contribution in [0.4, 0.5) is 0 Å². The molecule has 4 heteroatoms. The molecule has 1 aliphatic heterocycles. The van der Waals surface area contributed by atoms with E-state index in [4.69, 9.17) is 4.74 Å². The van der Waals surface area contributed by atoms with Crippen molar-refractivity contribution < 1.29 is 9.53 Å². The van der Waals surface area contributed by atoms with Gasteiger partial charge in [0.25, 0.3) is 0 Å². The standard InChI is InChI=1S/C13H18N2O2/c1-11(16)12-2-3-13(14-10-12)4-5-15-6-8-17-9-7-15/h2-3,10H,4-9H2,1H3. The fourth-order valence-corrected chi connectivity index (χ4v) is 1.88. The zero-order valence-electron chi connectivity index (χ0n) is 10.2. The van der Waals surface area contributed by atoms with Gasteiger partial charge in [-0.1, -0.05) is 0 Å². The van der Waals surface area contributed by atoms with Gasteiger partial charge in [-0.3, -0.25) is 14.7 Å². The fraction of sp³-hybridized carbons (Fsp3) is 0.538. The summed E-state index contributed by atoms with van der Waals surface area (Å²) in [6, 6.07) is 3.79. The number of carbonyl (C=O) groups excluding carboxylic acids is 1. The summed E-state index contributed by atoms with van der Waals surface area (Å²) >= 11 is 0. The van der Waals surface area contributed by atoms with Crippen LogP contribution in [0.15, 0.2) is 18.3 Å². The van der Waals surface area contributed by atoms with Gasteiger partial charge in [-0.2, -0.15) is 0 Å². The lowest BCUT2D eigenvalue weighted by atomic mass is 10.2. The normalized spacial score (nSPS) is 17.0. The molecule has 0 saturated carbocycles. The number of ether oxygens (including phenoxy) is 1. The van der Waals surface area contributed by atoms with E-state index >= 15 is 0 Å². The maximum Gasteiger partial charge on any atom is 0.161 e. The molecule has 1 saturated heterocycles. The Morgan fingerprint density at radius 2 is 2.18 bits per heavy atom. The Bertz CT molecular complexity index is 370. The van der Waals surface area contributed by atoms with E-state index in [0.29, 0.717) is 5.56 Å². The molecule has 92 valence electrons. The van der Waals surface area contributed by atoms with Crippen molar-refractivity contribution in [2.75, 3.05) is 32.8 Å². The quantitative estimate of drug-likeness (QED) is 0.733. The number of hydrogen-bond donors (Lipinski definition) is 0. The van der Waals surface area contributed by atoms with Crippen molar-refractivity contribution >= 4 is 5.78 Å². The summed E-state index contributed by atoms with van der Waals surface area (Å²) in [5, 5.41) is 0. The number of aromatic nitrogens is 1. The molecule has 4 nitrogen and oxygen atoms in total. The molecule has 1 aromatic rings. The zero-order chi connectivity index (χ0) is 12.1. The highest BCUT2D eigenvalue weighted by molar-refractivity contribution is 5.93. The highest BCUT2D eigenvalue weighted by Crippen LogP contribution is 2.04. The SMILES string of the molecule is CC(=O)c1ccc(CCN2CCOCC2)nc1. The summed E-state index contributed by atoms with van der Waals surface area (Å²) in [4.78, 5) is 17.8. The monoisotopic (exact) mass is 234 g/mol. The average Bonchev–Trinajstić information content (AvgIpc) is 2.38. The largest absolute Gasteiger partial charge is 0.379 e. The van der Waals surface area contributed by atoms with Crippen LogP contribution in [-0.4, -0.2) is 48.5 Å². The van der Waals surface area contributed by atoms with E-state index in [1.54, 1.807) is 13.1 Å². The summed E-state index contributed by atoms with van der Waals surface area (Å²) in [6.07, 6.45) is 2.59. The molecule has 17 heavy (non-hydrogen) atoms. The first-order chi connectivity index (χ1) is 8.25. The molecule has 0 aliphatic carbocycles. The molecule has 0 unspecified atom stereocenters. The highest BCUT2D eigenvalue weighted by Gasteiger charge is 2.10. The number of pyridine rings is 1. The van der Waals surface area contributed by atoms with Crippen molar-refractivity contribution in [1.29, 1.82) is 0 Å². The number of hydrogen-bond acceptors (Lipinski definition) is 4. The molecular formula is C13H18N2O2. The molecule has 0 atom stereocenters. The Morgan fingerprint density at radius 3 is 2.76 bits per heavy atom. The van der Waals surface area contributed by atoms with E-state index in [1.165, 1.54) is 0 Å². The molecule has 2 heterocycles. The second kappa shape index (κ2) is 5.89. The number of morpholine rings is 1. The molecule has 0 radical (unpaired) electrons. The van der Waals surface area contributed by atoms with Gasteiger partial charge in [-0.15, -0.1) is 0 Å². The maximum absolute atomic E-state index is 11.1. The predicted octanol–water partition coefficient (Wildman–Crippen LogP) is 1.16. The van der Waals surface area contributed by atoms with E-state index in [2.05, 4.69) is 9.88 Å². The number of nitrogens with zero attached hydrogens (tertiary/aromatic N) is 2. The van der Waals surface area contributed by atoms with Crippen LogP contribution in [0.5, 0.6) is 0 Å². The van der Waals surface area contributed by atoms with Crippen molar-refractivity contribution in [3.05, 3.63) is 29.6 Å². The first-order valence-electron chi connectivity index (χ1n) is 6.01. The van der Waals surface area contributed by atoms with Crippen LogP contribution in [0.2, 0.25) is 0 Å². The summed E-state index contributed by atoms with van der Waals surface area (Å²) < 4.78 is 5.30. The van der Waals surface area contributed by atoms with E-state index in [1.807, 2.05) is 12.1 Å². The lowest BCUT2D eigenvalue weighted by Crippen LogP contribution is -2.37. The lowest BCUT2D eigenvalue weighted by molar-refractivity contribution is 0.0383. The Morgan fingerprint density at radius 1 is 1.41 bits per heavy atom. The Labute approximate surface area is 102 Å². The molecule has 0 aromatic carbocycles. The number of rotatable bonds is 4. The van der Waals surface area contributed by atoms with Gasteiger partial charge in [0.1, 0.15) is 0 Å². The van der Waals surface area contributed by atoms with E-state index in [9.17, 15) is 4.79 Å². The molecule has 1 aromatic heterocycles. The third kappa shape index (κ3) is 3.61. The second-order valence-electron chi connectivity index (χ2n) is 4.30. The van der Waals surface area contributed by atoms with Gasteiger partial charge in [0.15, 0.2) is 5.78 Å². The van der Waals surface area contributed by atoms with Crippen LogP contribution in [0, 0.1) is 0 Å². The van der Waals surface area contributed by atoms with Gasteiger partial charge >= 0.3 is 0 Å². The van der Waals surface area contributed by atoms with Crippen molar-refractivity contribution in [2.24, 2.45) is 0 Å². The predicted molar refractivity (Wildman–Crippen MR) is 65.2 cm³/mol. The van der Waals surface area contributed by atoms with Crippen molar-refractivity contribution in [3.63, 3.8) is 0 Å². The third-order valence-electron chi connectivity index (χ3n) is 3.02. The first kappa shape index (κ1) is 12.2. The molecule has 0 spiro atoms.